The highest BCUT2D eigenvalue weighted by Crippen LogP contribution is 2.25. The Bertz CT molecular complexity index is 805. The van der Waals surface area contributed by atoms with E-state index in [-0.39, 0.29) is 17.3 Å². The summed E-state index contributed by atoms with van der Waals surface area (Å²) in [7, 11) is -3.58. The van der Waals surface area contributed by atoms with Gasteiger partial charge in [-0.05, 0) is 29.7 Å². The van der Waals surface area contributed by atoms with Crippen LogP contribution >= 0.6 is 0 Å². The number of rotatable bonds is 4. The highest BCUT2D eigenvalue weighted by Gasteiger charge is 2.28. The smallest absolute Gasteiger partial charge is 0.312 e. The molecule has 2 aliphatic rings. The molecule has 3 amide bonds. The lowest BCUT2D eigenvalue weighted by Gasteiger charge is -2.30. The summed E-state index contributed by atoms with van der Waals surface area (Å²) in [6, 6.07) is 4.32. The van der Waals surface area contributed by atoms with Crippen molar-refractivity contribution in [2.24, 2.45) is 5.73 Å². The number of nitrogens with two attached hydrogens (primary N) is 1. The van der Waals surface area contributed by atoms with Gasteiger partial charge in [0.2, 0.25) is 15.9 Å². The zero-order valence-electron chi connectivity index (χ0n) is 14.3. The van der Waals surface area contributed by atoms with Gasteiger partial charge in [0.25, 0.3) is 0 Å². The maximum absolute atomic E-state index is 12.8. The van der Waals surface area contributed by atoms with Crippen molar-refractivity contribution in [1.82, 2.24) is 14.5 Å². The minimum Gasteiger partial charge on any atom is -0.379 e. The quantitative estimate of drug-likeness (QED) is 0.710. The van der Waals surface area contributed by atoms with Crippen LogP contribution < -0.4 is 11.1 Å². The number of fused-ring (bicyclic) bond motifs is 1. The minimum absolute atomic E-state index is 0.170. The first-order valence-electron chi connectivity index (χ1n) is 8.39. The zero-order chi connectivity index (χ0) is 18.7. The number of hydrogen-bond donors (Lipinski definition) is 2. The average Bonchev–Trinajstić information content (AvgIpc) is 2.65. The van der Waals surface area contributed by atoms with Gasteiger partial charge in [0.15, 0.2) is 0 Å². The molecule has 0 bridgehead atoms. The van der Waals surface area contributed by atoms with Gasteiger partial charge < -0.3 is 20.7 Å². The first kappa shape index (κ1) is 18.6. The largest absolute Gasteiger partial charge is 0.379 e. The molecular formula is C16H22N4O5S. The van der Waals surface area contributed by atoms with Crippen molar-refractivity contribution in [1.29, 1.82) is 0 Å². The average molecular weight is 382 g/mol. The van der Waals surface area contributed by atoms with E-state index in [1.807, 2.05) is 6.07 Å². The normalized spacial score (nSPS) is 18.2. The second-order valence-electron chi connectivity index (χ2n) is 6.23. The third kappa shape index (κ3) is 3.97. The number of nitrogens with zero attached hydrogens (tertiary/aromatic N) is 2. The van der Waals surface area contributed by atoms with Gasteiger partial charge in [-0.15, -0.1) is 0 Å². The SMILES string of the molecule is NC(=O)NCC(=O)N1CCc2ccc(S(=O)(=O)N3CCOCC3)cc2C1. The summed E-state index contributed by atoms with van der Waals surface area (Å²) in [5.41, 5.74) is 6.81. The first-order chi connectivity index (χ1) is 12.4. The van der Waals surface area contributed by atoms with Gasteiger partial charge in [0, 0.05) is 26.2 Å². The number of nitrogens with one attached hydrogen (secondary N) is 1. The number of morpholine rings is 1. The van der Waals surface area contributed by atoms with Gasteiger partial charge in [0.05, 0.1) is 24.7 Å². The van der Waals surface area contributed by atoms with Gasteiger partial charge in [-0.25, -0.2) is 13.2 Å². The van der Waals surface area contributed by atoms with E-state index < -0.39 is 16.1 Å². The molecule has 2 heterocycles. The fourth-order valence-electron chi connectivity index (χ4n) is 3.12. The molecule has 0 aliphatic carbocycles. The summed E-state index contributed by atoms with van der Waals surface area (Å²) in [5, 5.41) is 2.28. The molecule has 3 rings (SSSR count). The summed E-state index contributed by atoms with van der Waals surface area (Å²) >= 11 is 0. The molecule has 0 radical (unpaired) electrons. The molecule has 10 heteroatoms. The fourth-order valence-corrected chi connectivity index (χ4v) is 4.58. The van der Waals surface area contributed by atoms with E-state index in [1.165, 1.54) is 4.31 Å². The van der Waals surface area contributed by atoms with Gasteiger partial charge in [-0.1, -0.05) is 6.07 Å². The van der Waals surface area contributed by atoms with Crippen LogP contribution in [0.15, 0.2) is 23.1 Å². The molecule has 1 aromatic rings. The van der Waals surface area contributed by atoms with Crippen LogP contribution in [-0.2, 0) is 32.5 Å². The van der Waals surface area contributed by atoms with Crippen molar-refractivity contribution in [2.75, 3.05) is 39.4 Å². The van der Waals surface area contributed by atoms with E-state index in [0.717, 1.165) is 11.1 Å². The van der Waals surface area contributed by atoms with Gasteiger partial charge in [0.1, 0.15) is 0 Å². The number of carbonyl (C=O) groups excluding carboxylic acids is 2. The number of carbonyl (C=O) groups is 2. The lowest BCUT2D eigenvalue weighted by atomic mass is 10.00. The molecule has 142 valence electrons. The Balaban J connectivity index is 1.77. The third-order valence-corrected chi connectivity index (χ3v) is 6.46. The predicted molar refractivity (Wildman–Crippen MR) is 92.7 cm³/mol. The predicted octanol–water partition coefficient (Wildman–Crippen LogP) is -0.739. The van der Waals surface area contributed by atoms with Crippen LogP contribution in [0.3, 0.4) is 0 Å². The monoisotopic (exact) mass is 382 g/mol. The molecule has 0 aromatic heterocycles. The molecule has 0 spiro atoms. The highest BCUT2D eigenvalue weighted by molar-refractivity contribution is 7.89. The van der Waals surface area contributed by atoms with Crippen LogP contribution in [-0.4, -0.2) is 69.0 Å². The zero-order valence-corrected chi connectivity index (χ0v) is 15.1. The van der Waals surface area contributed by atoms with Gasteiger partial charge in [-0.2, -0.15) is 4.31 Å². The molecule has 1 aromatic carbocycles. The number of urea groups is 1. The van der Waals surface area contributed by atoms with Crippen LogP contribution in [0.1, 0.15) is 11.1 Å². The number of hydrogen-bond acceptors (Lipinski definition) is 5. The summed E-state index contributed by atoms with van der Waals surface area (Å²) in [4.78, 5) is 24.7. The van der Waals surface area contributed by atoms with Crippen LogP contribution in [0.2, 0.25) is 0 Å². The maximum Gasteiger partial charge on any atom is 0.312 e. The number of primary amides is 1. The van der Waals surface area contributed by atoms with Crippen LogP contribution in [0.25, 0.3) is 0 Å². The Morgan fingerprint density at radius 1 is 1.15 bits per heavy atom. The van der Waals surface area contributed by atoms with Crippen molar-refractivity contribution in [3.05, 3.63) is 29.3 Å². The van der Waals surface area contributed by atoms with Gasteiger partial charge >= 0.3 is 6.03 Å². The molecule has 26 heavy (non-hydrogen) atoms. The topological polar surface area (TPSA) is 122 Å². The summed E-state index contributed by atoms with van der Waals surface area (Å²) in [5.74, 6) is -0.254. The van der Waals surface area contributed by atoms with Crippen molar-refractivity contribution in [3.8, 4) is 0 Å². The number of sulfonamides is 1. The van der Waals surface area contributed by atoms with Crippen molar-refractivity contribution >= 4 is 22.0 Å². The van der Waals surface area contributed by atoms with Gasteiger partial charge in [-0.3, -0.25) is 4.79 Å². The van der Waals surface area contributed by atoms with Crippen LogP contribution in [0.4, 0.5) is 4.79 Å². The molecule has 2 aliphatic heterocycles. The second-order valence-corrected chi connectivity index (χ2v) is 8.17. The van der Waals surface area contributed by atoms with E-state index in [9.17, 15) is 18.0 Å². The Kier molecular flexibility index (Phi) is 5.44. The lowest BCUT2D eigenvalue weighted by Crippen LogP contribution is -2.44. The summed E-state index contributed by atoms with van der Waals surface area (Å²) in [6.45, 7) is 2.10. The molecule has 9 nitrogen and oxygen atoms in total. The molecule has 0 saturated carbocycles. The van der Waals surface area contributed by atoms with Crippen molar-refractivity contribution in [2.45, 2.75) is 17.9 Å². The van der Waals surface area contributed by atoms with Crippen molar-refractivity contribution in [3.63, 3.8) is 0 Å². The van der Waals surface area contributed by atoms with Crippen LogP contribution in [0, 0.1) is 0 Å². The Morgan fingerprint density at radius 2 is 1.88 bits per heavy atom. The minimum atomic E-state index is -3.58. The van der Waals surface area contributed by atoms with Crippen molar-refractivity contribution < 1.29 is 22.7 Å². The molecule has 0 unspecified atom stereocenters. The van der Waals surface area contributed by atoms with Crippen LogP contribution in [0.5, 0.6) is 0 Å². The lowest BCUT2D eigenvalue weighted by molar-refractivity contribution is -0.130. The highest BCUT2D eigenvalue weighted by atomic mass is 32.2. The van der Waals surface area contributed by atoms with E-state index in [0.29, 0.717) is 45.8 Å². The molecule has 0 atom stereocenters. The van der Waals surface area contributed by atoms with E-state index in [2.05, 4.69) is 5.32 Å². The maximum atomic E-state index is 12.8. The Morgan fingerprint density at radius 3 is 2.58 bits per heavy atom. The molecular weight excluding hydrogens is 360 g/mol. The fraction of sp³-hybridized carbons (Fsp3) is 0.500. The standard InChI is InChI=1S/C16H22N4O5S/c17-16(22)18-10-15(21)19-4-3-12-1-2-14(9-13(12)11-19)26(23,24)20-5-7-25-8-6-20/h1-2,9H,3-8,10-11H2,(H3,17,18,22). The molecule has 1 fully saturated rings. The van der Waals surface area contributed by atoms with E-state index in [4.69, 9.17) is 10.5 Å². The number of ether oxygens (including phenoxy) is 1. The van der Waals surface area contributed by atoms with E-state index in [1.54, 1.807) is 17.0 Å². The first-order valence-corrected chi connectivity index (χ1v) is 9.83. The summed E-state index contributed by atoms with van der Waals surface area (Å²) in [6.07, 6.45) is 0.634. The number of amides is 3. The Labute approximate surface area is 152 Å². The molecule has 1 saturated heterocycles. The third-order valence-electron chi connectivity index (χ3n) is 4.56. The van der Waals surface area contributed by atoms with E-state index >= 15 is 0 Å². The second kappa shape index (κ2) is 7.60. The number of benzene rings is 1. The Hall–Kier alpha value is -2.17. The summed E-state index contributed by atoms with van der Waals surface area (Å²) < 4.78 is 32.2. The molecule has 3 N–H and O–H groups in total.